The predicted molar refractivity (Wildman–Crippen MR) is 155 cm³/mol. The lowest BCUT2D eigenvalue weighted by Gasteiger charge is -2.34. The van der Waals surface area contributed by atoms with Crippen LogP contribution in [0.1, 0.15) is 37.8 Å². The van der Waals surface area contributed by atoms with E-state index in [1.807, 2.05) is 44.2 Å². The van der Waals surface area contributed by atoms with Gasteiger partial charge in [0, 0.05) is 17.5 Å². The highest BCUT2D eigenvalue weighted by Gasteiger charge is 2.41. The highest BCUT2D eigenvalue weighted by molar-refractivity contribution is 8.03. The highest BCUT2D eigenvalue weighted by atomic mass is 32.2. The van der Waals surface area contributed by atoms with Crippen LogP contribution in [0.5, 0.6) is 5.75 Å². The molecule has 2 heterocycles. The van der Waals surface area contributed by atoms with Crippen molar-refractivity contribution in [2.24, 2.45) is 4.99 Å². The first-order valence-electron chi connectivity index (χ1n) is 13.0. The lowest BCUT2D eigenvalue weighted by Crippen LogP contribution is -2.43. The minimum atomic E-state index is -4.76. The normalized spacial score (nSPS) is 18.5. The summed E-state index contributed by atoms with van der Waals surface area (Å²) >= 11 is 1.40. The largest absolute Gasteiger partial charge is 0.573 e. The molecule has 1 saturated heterocycles. The van der Waals surface area contributed by atoms with Crippen LogP contribution in [0.25, 0.3) is 17.1 Å². The van der Waals surface area contributed by atoms with Gasteiger partial charge in [0.2, 0.25) is 0 Å². The van der Waals surface area contributed by atoms with Crippen LogP contribution in [0.15, 0.2) is 89.3 Å². The van der Waals surface area contributed by atoms with E-state index in [1.165, 1.54) is 53.1 Å². The van der Waals surface area contributed by atoms with Crippen LogP contribution in [0.3, 0.4) is 0 Å². The van der Waals surface area contributed by atoms with Gasteiger partial charge in [-0.05, 0) is 54.3 Å². The molecule has 0 radical (unpaired) electrons. The minimum absolute atomic E-state index is 0.0552. The Bertz CT molecular complexity index is 1610. The molecule has 1 atom stereocenters. The Kier molecular flexibility index (Phi) is 8.11. The average molecular weight is 598 g/mol. The van der Waals surface area contributed by atoms with Crippen molar-refractivity contribution in [3.8, 4) is 22.8 Å². The van der Waals surface area contributed by atoms with Crippen molar-refractivity contribution >= 4 is 23.7 Å². The standard InChI is InChI=1S/C30H27F4N5O2S/c1-19(2)24-5-4-6-25(31)27(24)39-26(42-17-29(39,3)40)16-35-15-20-7-9-21(10-8-20)28-36-18-38(37-28)22-11-13-23(14-12-22)41-30(32,33)34/h4-16,18-19,40H,17H2,1-3H3. The zero-order chi connectivity index (χ0) is 30.1. The Hall–Kier alpha value is -4.16. The van der Waals surface area contributed by atoms with E-state index in [1.54, 1.807) is 30.3 Å². The quantitative estimate of drug-likeness (QED) is 0.178. The predicted octanol–water partition coefficient (Wildman–Crippen LogP) is 7.28. The molecule has 218 valence electrons. The fourth-order valence-corrected chi connectivity index (χ4v) is 5.59. The van der Waals surface area contributed by atoms with Gasteiger partial charge in [-0.2, -0.15) is 0 Å². The summed E-state index contributed by atoms with van der Waals surface area (Å²) in [5.74, 6) is 0.122. The number of para-hydroxylation sites is 1. The van der Waals surface area contributed by atoms with Crippen LogP contribution in [-0.2, 0) is 0 Å². The van der Waals surface area contributed by atoms with Gasteiger partial charge in [-0.3, -0.25) is 4.99 Å². The molecule has 0 saturated carbocycles. The second kappa shape index (κ2) is 11.6. The van der Waals surface area contributed by atoms with Crippen molar-refractivity contribution in [1.29, 1.82) is 0 Å². The molecule has 0 amide bonds. The van der Waals surface area contributed by atoms with E-state index in [9.17, 15) is 18.3 Å². The second-order valence-corrected chi connectivity index (χ2v) is 11.1. The van der Waals surface area contributed by atoms with Crippen molar-refractivity contribution in [2.45, 2.75) is 38.8 Å². The van der Waals surface area contributed by atoms with Gasteiger partial charge in [0.15, 0.2) is 5.82 Å². The van der Waals surface area contributed by atoms with E-state index in [-0.39, 0.29) is 11.7 Å². The Balaban J connectivity index is 1.31. The number of aliphatic imine (C=N–C) groups is 1. The van der Waals surface area contributed by atoms with E-state index in [4.69, 9.17) is 0 Å². The van der Waals surface area contributed by atoms with E-state index in [2.05, 4.69) is 19.8 Å². The molecule has 3 aromatic carbocycles. The number of aliphatic hydroxyl groups is 1. The first-order valence-corrected chi connectivity index (χ1v) is 14.0. The third-order valence-electron chi connectivity index (χ3n) is 6.46. The average Bonchev–Trinajstić information content (AvgIpc) is 3.53. The summed E-state index contributed by atoms with van der Waals surface area (Å²) in [7, 11) is 0. The van der Waals surface area contributed by atoms with Gasteiger partial charge >= 0.3 is 6.36 Å². The lowest BCUT2D eigenvalue weighted by molar-refractivity contribution is -0.274. The maximum Gasteiger partial charge on any atom is 0.573 e. The van der Waals surface area contributed by atoms with Gasteiger partial charge in [0.05, 0.1) is 22.6 Å². The molecule has 1 fully saturated rings. The number of halogens is 4. The van der Waals surface area contributed by atoms with Crippen LogP contribution < -0.4 is 9.64 Å². The fourth-order valence-electron chi connectivity index (χ4n) is 4.48. The molecule has 42 heavy (non-hydrogen) atoms. The Morgan fingerprint density at radius 1 is 1.07 bits per heavy atom. The van der Waals surface area contributed by atoms with Gasteiger partial charge < -0.3 is 14.7 Å². The van der Waals surface area contributed by atoms with Crippen LogP contribution >= 0.6 is 11.8 Å². The van der Waals surface area contributed by atoms with Gasteiger partial charge in [0.25, 0.3) is 0 Å². The lowest BCUT2D eigenvalue weighted by atomic mass is 9.99. The number of nitrogens with zero attached hydrogens (tertiary/aromatic N) is 5. The molecule has 1 aromatic heterocycles. The topological polar surface area (TPSA) is 75.8 Å². The van der Waals surface area contributed by atoms with Crippen molar-refractivity contribution in [1.82, 2.24) is 14.8 Å². The van der Waals surface area contributed by atoms with Crippen molar-refractivity contribution in [2.75, 3.05) is 10.7 Å². The highest BCUT2D eigenvalue weighted by Crippen LogP contribution is 2.45. The molecular weight excluding hydrogens is 570 g/mol. The summed E-state index contributed by atoms with van der Waals surface area (Å²) in [6.07, 6.45) is -0.0170. The van der Waals surface area contributed by atoms with Gasteiger partial charge in [-0.25, -0.2) is 14.1 Å². The number of ether oxygens (including phenoxy) is 1. The number of hydrogen-bond donors (Lipinski definition) is 1. The monoisotopic (exact) mass is 597 g/mol. The summed E-state index contributed by atoms with van der Waals surface area (Å²) < 4.78 is 57.6. The first-order chi connectivity index (χ1) is 19.9. The zero-order valence-corrected chi connectivity index (χ0v) is 23.7. The number of aromatic nitrogens is 3. The summed E-state index contributed by atoms with van der Waals surface area (Å²) in [6.45, 7) is 5.62. The van der Waals surface area contributed by atoms with E-state index in [0.717, 1.165) is 16.7 Å². The Labute approximate surface area is 244 Å². The second-order valence-electron chi connectivity index (χ2n) is 10.1. The molecule has 1 unspecified atom stereocenters. The minimum Gasteiger partial charge on any atom is -0.406 e. The maximum absolute atomic E-state index is 15.0. The molecular formula is C30H27F4N5O2S. The van der Waals surface area contributed by atoms with E-state index in [0.29, 0.717) is 28.0 Å². The summed E-state index contributed by atoms with van der Waals surface area (Å²) in [5, 5.41) is 16.1. The summed E-state index contributed by atoms with van der Waals surface area (Å²) in [6, 6.07) is 17.6. The van der Waals surface area contributed by atoms with Crippen molar-refractivity contribution in [3.05, 3.63) is 101 Å². The molecule has 1 N–H and O–H groups in total. The van der Waals surface area contributed by atoms with Crippen LogP contribution in [0, 0.1) is 5.82 Å². The van der Waals surface area contributed by atoms with Crippen molar-refractivity contribution in [3.63, 3.8) is 0 Å². The molecule has 12 heteroatoms. The third kappa shape index (κ3) is 6.50. The molecule has 1 aliphatic heterocycles. The molecule has 0 bridgehead atoms. The van der Waals surface area contributed by atoms with Crippen LogP contribution in [0.4, 0.5) is 23.2 Å². The summed E-state index contributed by atoms with van der Waals surface area (Å²) in [5.41, 5.74) is 1.92. The molecule has 1 aliphatic rings. The van der Waals surface area contributed by atoms with Gasteiger partial charge in [0.1, 0.15) is 23.6 Å². The SMILES string of the molecule is CC(C)c1cccc(F)c1N1C(=CN=Cc2ccc(-c3ncn(-c4ccc(OC(F)(F)F)cc4)n3)cc2)SCC1(C)O. The summed E-state index contributed by atoms with van der Waals surface area (Å²) in [4.78, 5) is 10.4. The van der Waals surface area contributed by atoms with E-state index >= 15 is 4.39 Å². The number of alkyl halides is 3. The number of rotatable bonds is 7. The third-order valence-corrected chi connectivity index (χ3v) is 7.74. The van der Waals surface area contributed by atoms with E-state index < -0.39 is 17.9 Å². The first kappa shape index (κ1) is 29.3. The molecule has 5 rings (SSSR count). The number of thioether (sulfide) groups is 1. The molecule has 0 aliphatic carbocycles. The fraction of sp³-hybridized carbons (Fsp3) is 0.233. The number of hydrogen-bond acceptors (Lipinski definition) is 7. The van der Waals surface area contributed by atoms with Crippen molar-refractivity contribution < 1.29 is 27.4 Å². The number of benzene rings is 3. The van der Waals surface area contributed by atoms with Gasteiger partial charge in [-0.1, -0.05) is 50.2 Å². The maximum atomic E-state index is 15.0. The van der Waals surface area contributed by atoms with Crippen LogP contribution in [0.2, 0.25) is 0 Å². The molecule has 4 aromatic rings. The Morgan fingerprint density at radius 3 is 2.45 bits per heavy atom. The van der Waals surface area contributed by atoms with Gasteiger partial charge in [-0.15, -0.1) is 30.0 Å². The molecule has 0 spiro atoms. The van der Waals surface area contributed by atoms with Crippen LogP contribution in [-0.4, -0.2) is 43.9 Å². The zero-order valence-electron chi connectivity index (χ0n) is 22.9. The number of anilines is 1. The smallest absolute Gasteiger partial charge is 0.406 e. The Morgan fingerprint density at radius 2 is 1.79 bits per heavy atom. The molecule has 7 nitrogen and oxygen atoms in total.